The molecule has 0 spiro atoms. The maximum absolute atomic E-state index is 4.54. The fraction of sp³-hybridized carbons (Fsp3) is 0.400. The van der Waals surface area contributed by atoms with Gasteiger partial charge in [0.05, 0.1) is 6.04 Å². The maximum Gasteiger partial charge on any atom is 0.130 e. The van der Waals surface area contributed by atoms with E-state index >= 15 is 0 Å². The zero-order valence-electron chi connectivity index (χ0n) is 11.7. The molecule has 0 saturated carbocycles. The molecule has 0 amide bonds. The minimum absolute atomic E-state index is 0.137. The Morgan fingerprint density at radius 1 is 1.37 bits per heavy atom. The van der Waals surface area contributed by atoms with Gasteiger partial charge in [-0.1, -0.05) is 28.9 Å². The van der Waals surface area contributed by atoms with Gasteiger partial charge in [-0.25, -0.2) is 4.98 Å². The molecule has 0 aliphatic carbocycles. The van der Waals surface area contributed by atoms with Crippen LogP contribution in [0.3, 0.4) is 0 Å². The van der Waals surface area contributed by atoms with Gasteiger partial charge in [0, 0.05) is 23.4 Å². The van der Waals surface area contributed by atoms with Crippen LogP contribution in [0.1, 0.15) is 36.8 Å². The van der Waals surface area contributed by atoms with Crippen molar-refractivity contribution >= 4 is 15.9 Å². The van der Waals surface area contributed by atoms with Gasteiger partial charge in [-0.3, -0.25) is 0 Å². The van der Waals surface area contributed by atoms with Crippen LogP contribution < -0.4 is 5.32 Å². The van der Waals surface area contributed by atoms with Gasteiger partial charge in [0.25, 0.3) is 0 Å². The summed E-state index contributed by atoms with van der Waals surface area (Å²) in [7, 11) is 0. The van der Waals surface area contributed by atoms with Crippen LogP contribution in [0.4, 0.5) is 0 Å². The molecule has 3 nitrogen and oxygen atoms in total. The second-order valence-corrected chi connectivity index (χ2v) is 5.48. The molecule has 0 radical (unpaired) electrons. The van der Waals surface area contributed by atoms with E-state index in [-0.39, 0.29) is 6.04 Å². The lowest BCUT2D eigenvalue weighted by atomic mass is 10.0. The summed E-state index contributed by atoms with van der Waals surface area (Å²) in [6, 6.07) is 6.53. The molecular weight excluding hydrogens is 302 g/mol. The van der Waals surface area contributed by atoms with E-state index in [0.717, 1.165) is 23.4 Å². The minimum Gasteiger partial charge on any atom is -0.334 e. The van der Waals surface area contributed by atoms with Crippen molar-refractivity contribution in [2.75, 3.05) is 6.54 Å². The molecule has 0 fully saturated rings. The van der Waals surface area contributed by atoms with Crippen LogP contribution in [0.5, 0.6) is 0 Å². The Morgan fingerprint density at radius 2 is 2.16 bits per heavy atom. The second-order valence-electron chi connectivity index (χ2n) is 4.56. The van der Waals surface area contributed by atoms with Crippen molar-refractivity contribution in [3.05, 3.63) is 52.0 Å². The largest absolute Gasteiger partial charge is 0.334 e. The van der Waals surface area contributed by atoms with Gasteiger partial charge in [0.1, 0.15) is 5.82 Å². The van der Waals surface area contributed by atoms with Crippen LogP contribution in [0.15, 0.2) is 35.1 Å². The lowest BCUT2D eigenvalue weighted by Crippen LogP contribution is -2.26. The summed E-state index contributed by atoms with van der Waals surface area (Å²) >= 11 is 3.56. The van der Waals surface area contributed by atoms with Crippen LogP contribution in [-0.2, 0) is 6.54 Å². The highest BCUT2D eigenvalue weighted by Crippen LogP contribution is 2.26. The van der Waals surface area contributed by atoms with Crippen molar-refractivity contribution in [1.29, 1.82) is 0 Å². The zero-order chi connectivity index (χ0) is 13.8. The van der Waals surface area contributed by atoms with E-state index in [1.807, 2.05) is 12.4 Å². The highest BCUT2D eigenvalue weighted by molar-refractivity contribution is 9.10. The number of hydrogen-bond donors (Lipinski definition) is 1. The van der Waals surface area contributed by atoms with E-state index in [9.17, 15) is 0 Å². The van der Waals surface area contributed by atoms with Crippen LogP contribution in [-0.4, -0.2) is 16.1 Å². The smallest absolute Gasteiger partial charge is 0.130 e. The van der Waals surface area contributed by atoms with Crippen molar-refractivity contribution in [2.45, 2.75) is 33.4 Å². The molecule has 2 rings (SSSR count). The molecule has 0 saturated heterocycles. The molecule has 1 unspecified atom stereocenters. The third kappa shape index (κ3) is 3.07. The first kappa shape index (κ1) is 14.3. The normalized spacial score (nSPS) is 12.6. The molecule has 1 N–H and O–H groups in total. The molecule has 0 aliphatic rings. The van der Waals surface area contributed by atoms with Crippen molar-refractivity contribution in [2.24, 2.45) is 0 Å². The molecule has 102 valence electrons. The molecule has 1 aromatic carbocycles. The van der Waals surface area contributed by atoms with Crippen LogP contribution in [0, 0.1) is 6.92 Å². The standard InChI is InChI=1S/C15H20BrN3/c1-4-17-14(15-18-8-9-19(15)5-2)13-10-12(16)7-6-11(13)3/h6-10,14,17H,4-5H2,1-3H3. The lowest BCUT2D eigenvalue weighted by Gasteiger charge is -2.21. The first-order chi connectivity index (χ1) is 9.17. The van der Waals surface area contributed by atoms with Crippen molar-refractivity contribution < 1.29 is 0 Å². The highest BCUT2D eigenvalue weighted by Gasteiger charge is 2.19. The summed E-state index contributed by atoms with van der Waals surface area (Å²) in [6.07, 6.45) is 3.91. The van der Waals surface area contributed by atoms with Gasteiger partial charge in [0.2, 0.25) is 0 Å². The summed E-state index contributed by atoms with van der Waals surface area (Å²) < 4.78 is 3.29. The van der Waals surface area contributed by atoms with Crippen LogP contribution >= 0.6 is 15.9 Å². The fourth-order valence-electron chi connectivity index (χ4n) is 2.32. The fourth-order valence-corrected chi connectivity index (χ4v) is 2.69. The second kappa shape index (κ2) is 6.35. The van der Waals surface area contributed by atoms with Gasteiger partial charge in [-0.2, -0.15) is 0 Å². The van der Waals surface area contributed by atoms with E-state index in [4.69, 9.17) is 0 Å². The molecule has 0 aliphatic heterocycles. The van der Waals surface area contributed by atoms with Crippen molar-refractivity contribution in [3.63, 3.8) is 0 Å². The predicted octanol–water partition coefficient (Wildman–Crippen LogP) is 3.67. The molecule has 4 heteroatoms. The number of nitrogens with zero attached hydrogens (tertiary/aromatic N) is 2. The topological polar surface area (TPSA) is 29.9 Å². The van der Waals surface area contributed by atoms with Gasteiger partial charge in [0.15, 0.2) is 0 Å². The Labute approximate surface area is 123 Å². The van der Waals surface area contributed by atoms with Gasteiger partial charge in [-0.05, 0) is 43.7 Å². The summed E-state index contributed by atoms with van der Waals surface area (Å²) in [5, 5.41) is 3.54. The Bertz CT molecular complexity index is 548. The van der Waals surface area contributed by atoms with E-state index in [2.05, 4.69) is 69.8 Å². The number of benzene rings is 1. The minimum atomic E-state index is 0.137. The molecule has 1 atom stereocenters. The van der Waals surface area contributed by atoms with Gasteiger partial charge < -0.3 is 9.88 Å². The first-order valence-corrected chi connectivity index (χ1v) is 7.47. The average molecular weight is 322 g/mol. The highest BCUT2D eigenvalue weighted by atomic mass is 79.9. The van der Waals surface area contributed by atoms with E-state index in [0.29, 0.717) is 0 Å². The van der Waals surface area contributed by atoms with Gasteiger partial charge >= 0.3 is 0 Å². The predicted molar refractivity (Wildman–Crippen MR) is 82.3 cm³/mol. The Balaban J connectivity index is 2.48. The molecule has 0 bridgehead atoms. The van der Waals surface area contributed by atoms with E-state index in [1.54, 1.807) is 0 Å². The average Bonchev–Trinajstić information content (AvgIpc) is 2.87. The number of halogens is 1. The Hall–Kier alpha value is -1.13. The quantitative estimate of drug-likeness (QED) is 0.910. The molecule has 1 heterocycles. The molecular formula is C15H20BrN3. The number of aryl methyl sites for hydroxylation is 2. The Morgan fingerprint density at radius 3 is 2.84 bits per heavy atom. The summed E-state index contributed by atoms with van der Waals surface area (Å²) in [5.41, 5.74) is 2.55. The Kier molecular flexibility index (Phi) is 4.77. The third-order valence-electron chi connectivity index (χ3n) is 3.31. The van der Waals surface area contributed by atoms with E-state index < -0.39 is 0 Å². The number of rotatable bonds is 5. The summed E-state index contributed by atoms with van der Waals surface area (Å²) in [5.74, 6) is 1.07. The summed E-state index contributed by atoms with van der Waals surface area (Å²) in [4.78, 5) is 4.54. The molecule has 19 heavy (non-hydrogen) atoms. The monoisotopic (exact) mass is 321 g/mol. The lowest BCUT2D eigenvalue weighted by molar-refractivity contribution is 0.557. The zero-order valence-corrected chi connectivity index (χ0v) is 13.2. The number of imidazole rings is 1. The van der Waals surface area contributed by atoms with Crippen LogP contribution in [0.25, 0.3) is 0 Å². The molecule has 1 aromatic heterocycles. The number of aromatic nitrogens is 2. The van der Waals surface area contributed by atoms with Crippen molar-refractivity contribution in [1.82, 2.24) is 14.9 Å². The number of nitrogens with one attached hydrogen (secondary N) is 1. The first-order valence-electron chi connectivity index (χ1n) is 6.67. The third-order valence-corrected chi connectivity index (χ3v) is 3.80. The van der Waals surface area contributed by atoms with Crippen molar-refractivity contribution in [3.8, 4) is 0 Å². The SMILES string of the molecule is CCNC(c1cc(Br)ccc1C)c1nccn1CC. The van der Waals surface area contributed by atoms with Gasteiger partial charge in [-0.15, -0.1) is 0 Å². The maximum atomic E-state index is 4.54. The van der Waals surface area contributed by atoms with E-state index in [1.165, 1.54) is 11.1 Å². The van der Waals surface area contributed by atoms with Crippen LogP contribution in [0.2, 0.25) is 0 Å². The number of hydrogen-bond acceptors (Lipinski definition) is 2. The molecule has 2 aromatic rings. The summed E-state index contributed by atoms with van der Waals surface area (Å²) in [6.45, 7) is 8.25.